The van der Waals surface area contributed by atoms with Gasteiger partial charge in [-0.3, -0.25) is 0 Å². The van der Waals surface area contributed by atoms with Crippen LogP contribution in [0.3, 0.4) is 0 Å². The molecule has 0 fully saturated rings. The van der Waals surface area contributed by atoms with Crippen molar-refractivity contribution in [2.24, 2.45) is 0 Å². The second-order valence-electron chi connectivity index (χ2n) is 5.53. The fraction of sp³-hybridized carbons (Fsp3) is 0.0909. The minimum absolute atomic E-state index is 1.08. The topological polar surface area (TPSA) is 0 Å². The molecule has 0 spiro atoms. The van der Waals surface area contributed by atoms with E-state index in [2.05, 4.69) is 95.7 Å². The van der Waals surface area contributed by atoms with Gasteiger partial charge in [-0.05, 0) is 55.6 Å². The van der Waals surface area contributed by atoms with Crippen molar-refractivity contribution >= 4 is 65.8 Å². The van der Waals surface area contributed by atoms with Gasteiger partial charge < -0.3 is 0 Å². The second kappa shape index (κ2) is 13.5. The molecule has 0 amide bonds. The highest BCUT2D eigenvalue weighted by molar-refractivity contribution is 8.77. The molecule has 0 aliphatic heterocycles. The molecule has 0 aliphatic carbocycles. The van der Waals surface area contributed by atoms with Crippen LogP contribution in [0.5, 0.6) is 0 Å². The Bertz CT molecular complexity index is 782. The molecule has 0 aliphatic rings. The zero-order valence-electron chi connectivity index (χ0n) is 15.1. The maximum atomic E-state index is 2.18. The van der Waals surface area contributed by atoms with Crippen molar-refractivity contribution in [2.75, 3.05) is 0 Å². The van der Waals surface area contributed by atoms with Crippen LogP contribution in [0.4, 0.5) is 0 Å². The Balaban J connectivity index is 0.000000167. The Morgan fingerprint density at radius 3 is 1.29 bits per heavy atom. The zero-order chi connectivity index (χ0) is 19.3. The summed E-state index contributed by atoms with van der Waals surface area (Å²) in [5.41, 5.74) is 2.79. The van der Waals surface area contributed by atoms with Crippen LogP contribution in [0.15, 0.2) is 104 Å². The molecule has 0 radical (unpaired) electrons. The summed E-state index contributed by atoms with van der Waals surface area (Å²) in [6, 6.07) is 29.7. The first-order chi connectivity index (χ1) is 13.9. The fourth-order valence-electron chi connectivity index (χ4n) is 2.07. The first-order valence-electron chi connectivity index (χ1n) is 8.64. The highest BCUT2D eigenvalue weighted by atomic mass is 33.1. The van der Waals surface area contributed by atoms with Gasteiger partial charge in [0.1, 0.15) is 0 Å². The summed E-state index contributed by atoms with van der Waals surface area (Å²) in [7, 11) is 7.50. The Labute approximate surface area is 191 Å². The SMILES string of the molecule is c1ccc(CSSCc2ccccc2)cc1.c1csc(SSc2cccs2)c1. The lowest BCUT2D eigenvalue weighted by Crippen LogP contribution is -1.78. The van der Waals surface area contributed by atoms with Crippen LogP contribution in [0, 0.1) is 0 Å². The molecule has 144 valence electrons. The lowest BCUT2D eigenvalue weighted by molar-refractivity contribution is 1.42. The molecule has 0 N–H and O–H groups in total. The normalized spacial score (nSPS) is 10.3. The average Bonchev–Trinajstić information content (AvgIpc) is 3.46. The van der Waals surface area contributed by atoms with E-state index in [1.807, 2.05) is 43.2 Å². The predicted molar refractivity (Wildman–Crippen MR) is 136 cm³/mol. The molecular formula is C22H20S6. The van der Waals surface area contributed by atoms with Gasteiger partial charge in [-0.2, -0.15) is 0 Å². The second-order valence-corrected chi connectivity index (χ2v) is 12.6. The third-order valence-electron chi connectivity index (χ3n) is 3.42. The third kappa shape index (κ3) is 8.72. The number of hydrogen-bond acceptors (Lipinski definition) is 6. The summed E-state index contributed by atoms with van der Waals surface area (Å²) in [6.07, 6.45) is 0. The van der Waals surface area contributed by atoms with Crippen LogP contribution in [-0.2, 0) is 11.5 Å². The molecule has 0 nitrogen and oxygen atoms in total. The Kier molecular flexibility index (Phi) is 10.5. The third-order valence-corrected chi connectivity index (χ3v) is 10.7. The molecule has 0 unspecified atom stereocenters. The molecule has 6 heteroatoms. The largest absolute Gasteiger partial charge is 0.137 e. The molecule has 28 heavy (non-hydrogen) atoms. The minimum Gasteiger partial charge on any atom is -0.137 e. The van der Waals surface area contributed by atoms with Gasteiger partial charge in [0.2, 0.25) is 0 Å². The highest BCUT2D eigenvalue weighted by Gasteiger charge is 1.98. The molecule has 0 bridgehead atoms. The van der Waals surface area contributed by atoms with E-state index in [9.17, 15) is 0 Å². The van der Waals surface area contributed by atoms with Crippen LogP contribution in [-0.4, -0.2) is 0 Å². The Hall–Kier alpha value is -0.760. The van der Waals surface area contributed by atoms with E-state index in [4.69, 9.17) is 0 Å². The first kappa shape index (κ1) is 21.9. The van der Waals surface area contributed by atoms with Crippen molar-refractivity contribution in [2.45, 2.75) is 19.9 Å². The van der Waals surface area contributed by atoms with Gasteiger partial charge in [-0.25, -0.2) is 0 Å². The van der Waals surface area contributed by atoms with Gasteiger partial charge in [0.25, 0.3) is 0 Å². The summed E-state index contributed by atoms with van der Waals surface area (Å²) in [5.74, 6) is 2.16. The Morgan fingerprint density at radius 2 is 0.929 bits per heavy atom. The Morgan fingerprint density at radius 1 is 0.500 bits per heavy atom. The van der Waals surface area contributed by atoms with Crippen LogP contribution >= 0.6 is 65.8 Å². The number of thiophene rings is 2. The quantitative estimate of drug-likeness (QED) is 0.183. The van der Waals surface area contributed by atoms with E-state index in [-0.39, 0.29) is 0 Å². The van der Waals surface area contributed by atoms with Crippen molar-refractivity contribution in [3.05, 3.63) is 107 Å². The maximum absolute atomic E-state index is 2.18. The summed E-state index contributed by atoms with van der Waals surface area (Å²) < 4.78 is 2.74. The summed E-state index contributed by atoms with van der Waals surface area (Å²) >= 11 is 3.58. The molecular weight excluding hydrogens is 457 g/mol. The van der Waals surface area contributed by atoms with Gasteiger partial charge in [0.05, 0.1) is 8.42 Å². The van der Waals surface area contributed by atoms with Crippen molar-refractivity contribution < 1.29 is 0 Å². The zero-order valence-corrected chi connectivity index (χ0v) is 20.0. The molecule has 4 aromatic rings. The minimum atomic E-state index is 1.08. The maximum Gasteiger partial charge on any atom is 0.0709 e. The van der Waals surface area contributed by atoms with Crippen LogP contribution in [0.2, 0.25) is 0 Å². The van der Waals surface area contributed by atoms with Crippen molar-refractivity contribution in [1.29, 1.82) is 0 Å². The van der Waals surface area contributed by atoms with Gasteiger partial charge in [-0.15, -0.1) is 22.7 Å². The van der Waals surface area contributed by atoms with Crippen molar-refractivity contribution in [3.8, 4) is 0 Å². The molecule has 2 heterocycles. The van der Waals surface area contributed by atoms with Crippen molar-refractivity contribution in [1.82, 2.24) is 0 Å². The van der Waals surface area contributed by atoms with E-state index in [0.717, 1.165) is 11.5 Å². The van der Waals surface area contributed by atoms with Crippen LogP contribution in [0.1, 0.15) is 11.1 Å². The van der Waals surface area contributed by atoms with E-state index in [1.54, 1.807) is 22.7 Å². The number of rotatable bonds is 8. The molecule has 0 saturated carbocycles. The van der Waals surface area contributed by atoms with Gasteiger partial charge in [-0.1, -0.05) is 94.4 Å². The smallest absolute Gasteiger partial charge is 0.0709 e. The molecule has 2 aromatic carbocycles. The van der Waals surface area contributed by atoms with Gasteiger partial charge in [0.15, 0.2) is 0 Å². The summed E-state index contributed by atoms with van der Waals surface area (Å²) in [5, 5.41) is 4.22. The fourth-order valence-corrected chi connectivity index (χ4v) is 8.33. The number of benzene rings is 2. The molecule has 0 saturated heterocycles. The van der Waals surface area contributed by atoms with Crippen LogP contribution in [0.25, 0.3) is 0 Å². The van der Waals surface area contributed by atoms with E-state index < -0.39 is 0 Å². The highest BCUT2D eigenvalue weighted by Crippen LogP contribution is 2.41. The van der Waals surface area contributed by atoms with E-state index in [1.165, 1.54) is 19.5 Å². The molecule has 0 atom stereocenters. The van der Waals surface area contributed by atoms with E-state index in [0.29, 0.717) is 0 Å². The van der Waals surface area contributed by atoms with E-state index >= 15 is 0 Å². The van der Waals surface area contributed by atoms with Crippen molar-refractivity contribution in [3.63, 3.8) is 0 Å². The van der Waals surface area contributed by atoms with Gasteiger partial charge in [0, 0.05) is 11.5 Å². The number of hydrogen-bond donors (Lipinski definition) is 0. The standard InChI is InChI=1S/C14H14S2.C8H6S4/c1-3-7-13(8-4-1)11-15-16-12-14-9-5-2-6-10-14;1-3-7(9-5-1)11-12-8-4-2-6-10-8/h1-10H,11-12H2;1-6H. The molecule has 2 aromatic heterocycles. The lowest BCUT2D eigenvalue weighted by atomic mass is 10.2. The predicted octanol–water partition coefficient (Wildman–Crippen LogP) is 9.38. The molecule has 4 rings (SSSR count). The average molecular weight is 477 g/mol. The monoisotopic (exact) mass is 476 g/mol. The summed E-state index contributed by atoms with van der Waals surface area (Å²) in [4.78, 5) is 0. The summed E-state index contributed by atoms with van der Waals surface area (Å²) in [6.45, 7) is 0. The van der Waals surface area contributed by atoms with Gasteiger partial charge >= 0.3 is 0 Å². The lowest BCUT2D eigenvalue weighted by Gasteiger charge is -2.01. The van der Waals surface area contributed by atoms with Crippen LogP contribution < -0.4 is 0 Å². The first-order valence-corrected chi connectivity index (χ1v) is 15.0.